The quantitative estimate of drug-likeness (QED) is 0.790. The smallest absolute Gasteiger partial charge is 0.0420 e. The minimum Gasteiger partial charge on any atom is -0.321 e. The second kappa shape index (κ2) is 4.19. The molecule has 1 nitrogen and oxygen atoms in total. The van der Waals surface area contributed by atoms with Gasteiger partial charge in [0.25, 0.3) is 0 Å². The van der Waals surface area contributed by atoms with Gasteiger partial charge in [-0.05, 0) is 47.1 Å². The summed E-state index contributed by atoms with van der Waals surface area (Å²) in [5.74, 6) is 0. The van der Waals surface area contributed by atoms with Gasteiger partial charge in [-0.25, -0.2) is 0 Å². The average molecular weight is 301 g/mol. The topological polar surface area (TPSA) is 26.0 Å². The Labute approximate surface area is 99.2 Å². The monoisotopic (exact) mass is 301 g/mol. The minimum absolute atomic E-state index is 0.0456. The Hall–Kier alpha value is -0.0900. The lowest BCUT2D eigenvalue weighted by atomic mass is 9.77. The Morgan fingerprint density at radius 2 is 1.71 bits per heavy atom. The van der Waals surface area contributed by atoms with Crippen molar-refractivity contribution in [2.45, 2.75) is 37.6 Å². The number of halogens is 1. The van der Waals surface area contributed by atoms with Crippen LogP contribution in [-0.4, -0.2) is 0 Å². The Balaban J connectivity index is 2.32. The first-order chi connectivity index (χ1) is 6.72. The molecule has 0 atom stereocenters. The van der Waals surface area contributed by atoms with Gasteiger partial charge in [0.1, 0.15) is 0 Å². The van der Waals surface area contributed by atoms with Crippen LogP contribution in [0.15, 0.2) is 24.3 Å². The fraction of sp³-hybridized carbons (Fsp3) is 0.500. The zero-order valence-electron chi connectivity index (χ0n) is 8.30. The zero-order chi connectivity index (χ0) is 10.0. The summed E-state index contributed by atoms with van der Waals surface area (Å²) in [5, 5.41) is 0. The van der Waals surface area contributed by atoms with Crippen LogP contribution in [0.25, 0.3) is 0 Å². The summed E-state index contributed by atoms with van der Waals surface area (Å²) < 4.78 is 1.31. The molecule has 0 radical (unpaired) electrons. The second-order valence-electron chi connectivity index (χ2n) is 4.20. The van der Waals surface area contributed by atoms with E-state index in [2.05, 4.69) is 46.9 Å². The van der Waals surface area contributed by atoms with Crippen molar-refractivity contribution in [2.24, 2.45) is 5.73 Å². The summed E-state index contributed by atoms with van der Waals surface area (Å²) >= 11 is 2.39. The fourth-order valence-electron chi connectivity index (χ4n) is 2.32. The number of hydrogen-bond donors (Lipinski definition) is 1. The fourth-order valence-corrected chi connectivity index (χ4v) is 3.24. The molecule has 14 heavy (non-hydrogen) atoms. The molecule has 2 N–H and O–H groups in total. The van der Waals surface area contributed by atoms with E-state index in [1.54, 1.807) is 0 Å². The summed E-state index contributed by atoms with van der Waals surface area (Å²) in [6, 6.07) is 8.52. The first-order valence-corrected chi connectivity index (χ1v) is 6.34. The van der Waals surface area contributed by atoms with Crippen LogP contribution in [0.1, 0.15) is 37.7 Å². The second-order valence-corrected chi connectivity index (χ2v) is 5.36. The summed E-state index contributed by atoms with van der Waals surface area (Å²) in [5.41, 5.74) is 7.78. The molecular weight excluding hydrogens is 285 g/mol. The van der Waals surface area contributed by atoms with Gasteiger partial charge in [0.2, 0.25) is 0 Å². The van der Waals surface area contributed by atoms with E-state index in [1.165, 1.54) is 28.4 Å². The standard InChI is InChI=1S/C12H16IN/c13-11-7-3-2-6-10(11)12(14)8-4-1-5-9-12/h2-3,6-7H,1,4-5,8-9,14H2. The van der Waals surface area contributed by atoms with E-state index in [0.29, 0.717) is 0 Å². The first kappa shape index (κ1) is 10.4. The van der Waals surface area contributed by atoms with Crippen LogP contribution in [0.5, 0.6) is 0 Å². The molecule has 2 rings (SSSR count). The molecule has 1 fully saturated rings. The van der Waals surface area contributed by atoms with Crippen LogP contribution in [0.2, 0.25) is 0 Å². The highest BCUT2D eigenvalue weighted by Crippen LogP contribution is 2.36. The van der Waals surface area contributed by atoms with Crippen molar-refractivity contribution in [3.8, 4) is 0 Å². The molecule has 0 amide bonds. The predicted octanol–water partition coefficient (Wildman–Crippen LogP) is 3.41. The summed E-state index contributed by atoms with van der Waals surface area (Å²) in [6.45, 7) is 0. The largest absolute Gasteiger partial charge is 0.321 e. The van der Waals surface area contributed by atoms with Gasteiger partial charge in [-0.15, -0.1) is 0 Å². The molecular formula is C12H16IN. The molecule has 0 saturated heterocycles. The normalized spacial score (nSPS) is 20.7. The molecule has 0 unspecified atom stereocenters. The van der Waals surface area contributed by atoms with Crippen LogP contribution in [0, 0.1) is 3.57 Å². The molecule has 0 bridgehead atoms. The third-order valence-corrected chi connectivity index (χ3v) is 4.10. The maximum absolute atomic E-state index is 6.48. The lowest BCUT2D eigenvalue weighted by Crippen LogP contribution is -2.39. The van der Waals surface area contributed by atoms with E-state index in [4.69, 9.17) is 5.73 Å². The molecule has 76 valence electrons. The number of benzene rings is 1. The molecule has 1 aliphatic carbocycles. The minimum atomic E-state index is -0.0456. The van der Waals surface area contributed by atoms with Crippen molar-refractivity contribution in [1.29, 1.82) is 0 Å². The van der Waals surface area contributed by atoms with E-state index in [0.717, 1.165) is 12.8 Å². The highest BCUT2D eigenvalue weighted by Gasteiger charge is 2.30. The highest BCUT2D eigenvalue weighted by molar-refractivity contribution is 14.1. The highest BCUT2D eigenvalue weighted by atomic mass is 127. The Bertz CT molecular complexity index is 316. The molecule has 1 aromatic rings. The first-order valence-electron chi connectivity index (χ1n) is 5.26. The molecule has 0 aliphatic heterocycles. The lowest BCUT2D eigenvalue weighted by Gasteiger charge is -2.34. The van der Waals surface area contributed by atoms with Gasteiger partial charge in [0.15, 0.2) is 0 Å². The van der Waals surface area contributed by atoms with Gasteiger partial charge >= 0.3 is 0 Å². The molecule has 1 aromatic carbocycles. The van der Waals surface area contributed by atoms with Gasteiger partial charge in [-0.2, -0.15) is 0 Å². The summed E-state index contributed by atoms with van der Waals surface area (Å²) in [7, 11) is 0. The molecule has 0 spiro atoms. The third-order valence-electron chi connectivity index (χ3n) is 3.16. The van der Waals surface area contributed by atoms with E-state index >= 15 is 0 Å². The third kappa shape index (κ3) is 1.96. The Morgan fingerprint density at radius 3 is 2.36 bits per heavy atom. The van der Waals surface area contributed by atoms with E-state index in [9.17, 15) is 0 Å². The van der Waals surface area contributed by atoms with Crippen molar-refractivity contribution >= 4 is 22.6 Å². The average Bonchev–Trinajstić information content (AvgIpc) is 2.19. The summed E-state index contributed by atoms with van der Waals surface area (Å²) in [6.07, 6.45) is 6.20. The van der Waals surface area contributed by atoms with E-state index < -0.39 is 0 Å². The zero-order valence-corrected chi connectivity index (χ0v) is 10.5. The van der Waals surface area contributed by atoms with Gasteiger partial charge in [0, 0.05) is 9.11 Å². The molecule has 0 aromatic heterocycles. The SMILES string of the molecule is NC1(c2ccccc2I)CCCCC1. The van der Waals surface area contributed by atoms with Crippen molar-refractivity contribution in [1.82, 2.24) is 0 Å². The number of hydrogen-bond acceptors (Lipinski definition) is 1. The predicted molar refractivity (Wildman–Crippen MR) is 68.1 cm³/mol. The van der Waals surface area contributed by atoms with Crippen molar-refractivity contribution in [2.75, 3.05) is 0 Å². The van der Waals surface area contributed by atoms with Crippen LogP contribution >= 0.6 is 22.6 Å². The Morgan fingerprint density at radius 1 is 1.07 bits per heavy atom. The maximum Gasteiger partial charge on any atom is 0.0420 e. The van der Waals surface area contributed by atoms with Crippen molar-refractivity contribution in [3.05, 3.63) is 33.4 Å². The number of rotatable bonds is 1. The molecule has 1 saturated carbocycles. The van der Waals surface area contributed by atoms with E-state index in [-0.39, 0.29) is 5.54 Å². The van der Waals surface area contributed by atoms with Gasteiger partial charge in [-0.1, -0.05) is 37.5 Å². The lowest BCUT2D eigenvalue weighted by molar-refractivity contribution is 0.301. The molecule has 1 aliphatic rings. The molecule has 0 heterocycles. The van der Waals surface area contributed by atoms with Gasteiger partial charge < -0.3 is 5.73 Å². The maximum atomic E-state index is 6.48. The van der Waals surface area contributed by atoms with Gasteiger partial charge in [-0.3, -0.25) is 0 Å². The van der Waals surface area contributed by atoms with Crippen LogP contribution in [0.4, 0.5) is 0 Å². The van der Waals surface area contributed by atoms with Crippen LogP contribution in [-0.2, 0) is 5.54 Å². The van der Waals surface area contributed by atoms with Crippen molar-refractivity contribution in [3.63, 3.8) is 0 Å². The Kier molecular flexibility index (Phi) is 3.12. The molecule has 2 heteroatoms. The van der Waals surface area contributed by atoms with E-state index in [1.807, 2.05) is 0 Å². The summed E-state index contributed by atoms with van der Waals surface area (Å²) in [4.78, 5) is 0. The number of nitrogens with two attached hydrogens (primary N) is 1. The van der Waals surface area contributed by atoms with Crippen LogP contribution in [0.3, 0.4) is 0 Å². The van der Waals surface area contributed by atoms with Crippen LogP contribution < -0.4 is 5.73 Å². The van der Waals surface area contributed by atoms with Gasteiger partial charge in [0.05, 0.1) is 0 Å². The van der Waals surface area contributed by atoms with Crippen molar-refractivity contribution < 1.29 is 0 Å².